The van der Waals surface area contributed by atoms with E-state index in [1.807, 2.05) is 0 Å². The van der Waals surface area contributed by atoms with Gasteiger partial charge in [-0.25, -0.2) is 0 Å². The summed E-state index contributed by atoms with van der Waals surface area (Å²) in [6.45, 7) is 7.19. The summed E-state index contributed by atoms with van der Waals surface area (Å²) in [5.74, 6) is 0.899. The molecule has 0 unspecified atom stereocenters. The quantitative estimate of drug-likeness (QED) is 0.784. The van der Waals surface area contributed by atoms with E-state index in [1.54, 1.807) is 5.56 Å². The summed E-state index contributed by atoms with van der Waals surface area (Å²) >= 11 is 0. The van der Waals surface area contributed by atoms with Crippen molar-refractivity contribution in [3.8, 4) is 0 Å². The SMILES string of the molecule is CC(C)N1C[C@@H]2C[C@@]2(c2ccc3ccccc3c2)C1. The summed E-state index contributed by atoms with van der Waals surface area (Å²) < 4.78 is 0. The number of hydrogen-bond donors (Lipinski definition) is 0. The third kappa shape index (κ3) is 1.64. The Labute approximate surface area is 115 Å². The van der Waals surface area contributed by atoms with E-state index < -0.39 is 0 Å². The Morgan fingerprint density at radius 2 is 1.89 bits per heavy atom. The minimum atomic E-state index is 0.480. The maximum atomic E-state index is 2.64. The number of nitrogens with zero attached hydrogens (tertiary/aromatic N) is 1. The zero-order valence-corrected chi connectivity index (χ0v) is 11.8. The molecule has 0 spiro atoms. The van der Waals surface area contributed by atoms with E-state index in [0.717, 1.165) is 5.92 Å². The number of likely N-dealkylation sites (tertiary alicyclic amines) is 1. The normalized spacial score (nSPS) is 29.9. The first-order valence-electron chi connectivity index (χ1n) is 7.42. The summed E-state index contributed by atoms with van der Waals surface area (Å²) in [7, 11) is 0. The smallest absolute Gasteiger partial charge is 0.0125 e. The number of hydrogen-bond acceptors (Lipinski definition) is 1. The lowest BCUT2D eigenvalue weighted by molar-refractivity contribution is 0.243. The number of fused-ring (bicyclic) bond motifs is 2. The van der Waals surface area contributed by atoms with Gasteiger partial charge in [0.15, 0.2) is 0 Å². The number of rotatable bonds is 2. The van der Waals surface area contributed by atoms with Crippen LogP contribution in [0, 0.1) is 5.92 Å². The highest BCUT2D eigenvalue weighted by Crippen LogP contribution is 2.59. The van der Waals surface area contributed by atoms with E-state index in [1.165, 1.54) is 30.3 Å². The van der Waals surface area contributed by atoms with Gasteiger partial charge in [0.2, 0.25) is 0 Å². The first kappa shape index (κ1) is 11.5. The Hall–Kier alpha value is -1.34. The molecule has 0 aromatic heterocycles. The molecule has 1 saturated heterocycles. The van der Waals surface area contributed by atoms with Crippen LogP contribution in [0.1, 0.15) is 25.8 Å². The molecule has 1 heteroatoms. The molecule has 2 aromatic carbocycles. The van der Waals surface area contributed by atoms with Crippen LogP contribution in [0.3, 0.4) is 0 Å². The first-order chi connectivity index (χ1) is 9.19. The molecule has 2 fully saturated rings. The molecule has 1 aliphatic carbocycles. The second kappa shape index (κ2) is 3.83. The van der Waals surface area contributed by atoms with E-state index in [9.17, 15) is 0 Å². The van der Waals surface area contributed by atoms with Crippen LogP contribution in [-0.2, 0) is 5.41 Å². The molecule has 1 nitrogen and oxygen atoms in total. The Morgan fingerprint density at radius 3 is 2.63 bits per heavy atom. The average Bonchev–Trinajstić information content (AvgIpc) is 3.00. The molecular weight excluding hydrogens is 230 g/mol. The van der Waals surface area contributed by atoms with Gasteiger partial charge in [0.1, 0.15) is 0 Å². The molecule has 4 rings (SSSR count). The monoisotopic (exact) mass is 251 g/mol. The van der Waals surface area contributed by atoms with Crippen molar-refractivity contribution in [3.05, 3.63) is 48.0 Å². The standard InChI is InChI=1S/C18H21N/c1-13(2)19-11-17-10-18(17,12-19)16-8-7-14-5-3-4-6-15(14)9-16/h3-9,13,17H,10-12H2,1-2H3/t17-,18-/m0/s1. The Bertz CT molecular complexity index is 630. The van der Waals surface area contributed by atoms with Gasteiger partial charge in [-0.1, -0.05) is 42.5 Å². The first-order valence-corrected chi connectivity index (χ1v) is 7.42. The van der Waals surface area contributed by atoms with Crippen LogP contribution in [0.5, 0.6) is 0 Å². The second-order valence-electron chi connectivity index (χ2n) is 6.64. The summed E-state index contributed by atoms with van der Waals surface area (Å²) in [5, 5.41) is 2.75. The molecule has 1 aliphatic heterocycles. The fourth-order valence-corrected chi connectivity index (χ4v) is 3.86. The molecule has 2 aromatic rings. The summed E-state index contributed by atoms with van der Waals surface area (Å²) in [5.41, 5.74) is 2.05. The number of piperidine rings is 1. The van der Waals surface area contributed by atoms with Crippen LogP contribution < -0.4 is 0 Å². The minimum Gasteiger partial charge on any atom is -0.300 e. The Morgan fingerprint density at radius 1 is 1.11 bits per heavy atom. The molecule has 0 amide bonds. The average molecular weight is 251 g/mol. The van der Waals surface area contributed by atoms with Crippen molar-refractivity contribution in [1.82, 2.24) is 4.90 Å². The molecule has 19 heavy (non-hydrogen) atoms. The maximum Gasteiger partial charge on any atom is 0.0125 e. The lowest BCUT2D eigenvalue weighted by atomic mass is 9.92. The fourth-order valence-electron chi connectivity index (χ4n) is 3.86. The lowest BCUT2D eigenvalue weighted by Gasteiger charge is -2.24. The highest BCUT2D eigenvalue weighted by atomic mass is 15.2. The van der Waals surface area contributed by atoms with Gasteiger partial charge >= 0.3 is 0 Å². The van der Waals surface area contributed by atoms with Crippen molar-refractivity contribution in [3.63, 3.8) is 0 Å². The van der Waals surface area contributed by atoms with Gasteiger partial charge in [-0.3, -0.25) is 4.90 Å². The zero-order valence-electron chi connectivity index (χ0n) is 11.8. The lowest BCUT2D eigenvalue weighted by Crippen LogP contribution is -2.32. The summed E-state index contributed by atoms with van der Waals surface area (Å²) in [6.07, 6.45) is 1.40. The molecule has 1 heterocycles. The zero-order chi connectivity index (χ0) is 13.0. The minimum absolute atomic E-state index is 0.480. The van der Waals surface area contributed by atoms with Crippen LogP contribution in [0.25, 0.3) is 10.8 Å². The third-order valence-corrected chi connectivity index (χ3v) is 5.23. The van der Waals surface area contributed by atoms with E-state index in [4.69, 9.17) is 0 Å². The summed E-state index contributed by atoms with van der Waals surface area (Å²) in [4.78, 5) is 2.64. The van der Waals surface area contributed by atoms with Gasteiger partial charge in [-0.15, -0.1) is 0 Å². The highest BCUT2D eigenvalue weighted by molar-refractivity contribution is 5.83. The van der Waals surface area contributed by atoms with Crippen LogP contribution in [0.2, 0.25) is 0 Å². The van der Waals surface area contributed by atoms with E-state index in [2.05, 4.69) is 61.2 Å². The van der Waals surface area contributed by atoms with Gasteiger partial charge in [0.05, 0.1) is 0 Å². The molecular formula is C18H21N. The Kier molecular flexibility index (Phi) is 2.32. The maximum absolute atomic E-state index is 2.64. The topological polar surface area (TPSA) is 3.24 Å². The van der Waals surface area contributed by atoms with Gasteiger partial charge in [-0.05, 0) is 42.5 Å². The second-order valence-corrected chi connectivity index (χ2v) is 6.64. The van der Waals surface area contributed by atoms with Crippen molar-refractivity contribution in [2.45, 2.75) is 31.7 Å². The molecule has 0 N–H and O–H groups in total. The molecule has 0 bridgehead atoms. The highest BCUT2D eigenvalue weighted by Gasteiger charge is 2.60. The van der Waals surface area contributed by atoms with Crippen molar-refractivity contribution in [1.29, 1.82) is 0 Å². The predicted molar refractivity (Wildman–Crippen MR) is 80.4 cm³/mol. The van der Waals surface area contributed by atoms with Crippen molar-refractivity contribution in [2.75, 3.05) is 13.1 Å². The van der Waals surface area contributed by atoms with Crippen LogP contribution in [-0.4, -0.2) is 24.0 Å². The van der Waals surface area contributed by atoms with Gasteiger partial charge in [-0.2, -0.15) is 0 Å². The summed E-state index contributed by atoms with van der Waals surface area (Å²) in [6, 6.07) is 16.5. The van der Waals surface area contributed by atoms with Crippen molar-refractivity contribution < 1.29 is 0 Å². The van der Waals surface area contributed by atoms with Gasteiger partial charge in [0, 0.05) is 24.5 Å². The molecule has 0 radical (unpaired) electrons. The van der Waals surface area contributed by atoms with E-state index >= 15 is 0 Å². The van der Waals surface area contributed by atoms with E-state index in [-0.39, 0.29) is 0 Å². The van der Waals surface area contributed by atoms with Crippen LogP contribution in [0.4, 0.5) is 0 Å². The Balaban J connectivity index is 1.72. The van der Waals surface area contributed by atoms with E-state index in [0.29, 0.717) is 11.5 Å². The van der Waals surface area contributed by atoms with Crippen LogP contribution >= 0.6 is 0 Å². The van der Waals surface area contributed by atoms with Gasteiger partial charge < -0.3 is 0 Å². The van der Waals surface area contributed by atoms with Gasteiger partial charge in [0.25, 0.3) is 0 Å². The fraction of sp³-hybridized carbons (Fsp3) is 0.444. The molecule has 2 aliphatic rings. The largest absolute Gasteiger partial charge is 0.300 e. The number of benzene rings is 2. The van der Waals surface area contributed by atoms with Crippen LogP contribution in [0.15, 0.2) is 42.5 Å². The molecule has 2 atom stereocenters. The predicted octanol–water partition coefficient (Wildman–Crippen LogP) is 3.82. The van der Waals surface area contributed by atoms with Crippen molar-refractivity contribution >= 4 is 10.8 Å². The van der Waals surface area contributed by atoms with Crippen molar-refractivity contribution in [2.24, 2.45) is 5.92 Å². The molecule has 1 saturated carbocycles. The molecule has 98 valence electrons. The third-order valence-electron chi connectivity index (χ3n) is 5.23.